The van der Waals surface area contributed by atoms with Crippen LogP contribution in [0, 0.1) is 11.8 Å². The van der Waals surface area contributed by atoms with Crippen molar-refractivity contribution in [2.24, 2.45) is 11.8 Å². The Balaban J connectivity index is 1.32. The Morgan fingerprint density at radius 1 is 0.923 bits per heavy atom. The van der Waals surface area contributed by atoms with E-state index in [0.29, 0.717) is 28.7 Å². The van der Waals surface area contributed by atoms with Gasteiger partial charge >= 0.3 is 0 Å². The van der Waals surface area contributed by atoms with Gasteiger partial charge in [-0.1, -0.05) is 30.3 Å². The first-order valence-electron chi connectivity index (χ1n) is 9.02. The third-order valence-electron chi connectivity index (χ3n) is 5.26. The summed E-state index contributed by atoms with van der Waals surface area (Å²) in [6.07, 6.45) is 0. The summed E-state index contributed by atoms with van der Waals surface area (Å²) in [5.41, 5.74) is 1.26. The Kier molecular flexibility index (Phi) is 4.71. The first kappa shape index (κ1) is 16.8. The molecule has 2 aromatic carbocycles. The summed E-state index contributed by atoms with van der Waals surface area (Å²) in [7, 11) is 0. The Bertz CT molecular complexity index is 777. The Morgan fingerprint density at radius 3 is 2.19 bits per heavy atom. The Labute approximate surface area is 153 Å². The number of carbonyl (C=O) groups is 2. The lowest BCUT2D eigenvalue weighted by atomic mass is 10.0. The van der Waals surface area contributed by atoms with Gasteiger partial charge in [-0.05, 0) is 36.1 Å². The average Bonchev–Trinajstić information content (AvgIpc) is 3.29. The van der Waals surface area contributed by atoms with Crippen LogP contribution in [0.5, 0.6) is 5.75 Å². The molecule has 2 heterocycles. The summed E-state index contributed by atoms with van der Waals surface area (Å²) in [5, 5.41) is 3.37. The van der Waals surface area contributed by atoms with E-state index in [1.54, 1.807) is 36.4 Å². The van der Waals surface area contributed by atoms with Crippen molar-refractivity contribution in [3.63, 3.8) is 0 Å². The molecule has 0 aliphatic carbocycles. The third-order valence-corrected chi connectivity index (χ3v) is 5.26. The highest BCUT2D eigenvalue weighted by Crippen LogP contribution is 2.26. The molecule has 5 heteroatoms. The van der Waals surface area contributed by atoms with Crippen LogP contribution in [0.4, 0.5) is 0 Å². The molecular weight excluding hydrogens is 328 g/mol. The fourth-order valence-corrected chi connectivity index (χ4v) is 3.75. The van der Waals surface area contributed by atoms with E-state index in [9.17, 15) is 9.59 Å². The van der Waals surface area contributed by atoms with Gasteiger partial charge < -0.3 is 15.0 Å². The summed E-state index contributed by atoms with van der Waals surface area (Å²) in [4.78, 5) is 26.6. The van der Waals surface area contributed by atoms with E-state index in [-0.39, 0.29) is 18.3 Å². The van der Waals surface area contributed by atoms with E-state index in [1.807, 2.05) is 23.1 Å². The lowest BCUT2D eigenvalue weighted by Crippen LogP contribution is -2.35. The molecule has 0 spiro atoms. The predicted octanol–water partition coefficient (Wildman–Crippen LogP) is 1.97. The molecule has 0 saturated carbocycles. The molecule has 2 aliphatic heterocycles. The molecule has 26 heavy (non-hydrogen) atoms. The van der Waals surface area contributed by atoms with Crippen LogP contribution in [0.15, 0.2) is 54.6 Å². The number of rotatable bonds is 5. The first-order valence-corrected chi connectivity index (χ1v) is 9.02. The molecule has 0 unspecified atom stereocenters. The maximum atomic E-state index is 12.4. The number of nitrogens with one attached hydrogen (secondary N) is 1. The summed E-state index contributed by atoms with van der Waals surface area (Å²) in [6, 6.07) is 16.1. The second kappa shape index (κ2) is 7.30. The molecular formula is C21H22N2O3. The molecule has 5 nitrogen and oxygen atoms in total. The summed E-state index contributed by atoms with van der Waals surface area (Å²) < 4.78 is 5.62. The summed E-state index contributed by atoms with van der Waals surface area (Å²) in [5.74, 6) is 1.78. The van der Waals surface area contributed by atoms with Crippen LogP contribution in [-0.2, 0) is 4.79 Å². The zero-order chi connectivity index (χ0) is 17.9. The standard InChI is InChI=1S/C21H22N2O3/c24-20(23-12-17-10-22-11-18(17)13-23)14-26-19-8-6-16(7-9-19)21(25)15-4-2-1-3-5-15/h1-9,17-18,22H,10-14H2/t17-,18+. The number of ether oxygens (including phenoxy) is 1. The quantitative estimate of drug-likeness (QED) is 0.838. The Morgan fingerprint density at radius 2 is 1.54 bits per heavy atom. The van der Waals surface area contributed by atoms with Gasteiger partial charge in [0.1, 0.15) is 5.75 Å². The maximum absolute atomic E-state index is 12.4. The van der Waals surface area contributed by atoms with Gasteiger partial charge in [0.25, 0.3) is 5.91 Å². The fourth-order valence-electron chi connectivity index (χ4n) is 3.75. The number of ketones is 1. The van der Waals surface area contributed by atoms with Gasteiger partial charge in [0.15, 0.2) is 12.4 Å². The largest absolute Gasteiger partial charge is 0.484 e. The fraction of sp³-hybridized carbons (Fsp3) is 0.333. The highest BCUT2D eigenvalue weighted by atomic mass is 16.5. The molecule has 4 rings (SSSR count). The maximum Gasteiger partial charge on any atom is 0.260 e. The van der Waals surface area contributed by atoms with Crippen LogP contribution in [0.2, 0.25) is 0 Å². The Hall–Kier alpha value is -2.66. The van der Waals surface area contributed by atoms with E-state index < -0.39 is 0 Å². The topological polar surface area (TPSA) is 58.6 Å². The van der Waals surface area contributed by atoms with Gasteiger partial charge in [0.2, 0.25) is 0 Å². The molecule has 2 aliphatic rings. The first-order chi connectivity index (χ1) is 12.7. The van der Waals surface area contributed by atoms with Crippen molar-refractivity contribution in [1.82, 2.24) is 10.2 Å². The normalized spacial score (nSPS) is 21.5. The van der Waals surface area contributed by atoms with E-state index >= 15 is 0 Å². The molecule has 2 atom stereocenters. The van der Waals surface area contributed by atoms with Crippen molar-refractivity contribution in [1.29, 1.82) is 0 Å². The zero-order valence-electron chi connectivity index (χ0n) is 14.6. The van der Waals surface area contributed by atoms with Gasteiger partial charge in [0.05, 0.1) is 0 Å². The monoisotopic (exact) mass is 350 g/mol. The number of hydrogen-bond donors (Lipinski definition) is 1. The molecule has 0 bridgehead atoms. The van der Waals surface area contributed by atoms with Crippen molar-refractivity contribution in [2.75, 3.05) is 32.8 Å². The minimum Gasteiger partial charge on any atom is -0.484 e. The predicted molar refractivity (Wildman–Crippen MR) is 98.2 cm³/mol. The number of carbonyl (C=O) groups excluding carboxylic acids is 2. The third kappa shape index (κ3) is 3.48. The molecule has 0 radical (unpaired) electrons. The molecule has 1 amide bonds. The highest BCUT2D eigenvalue weighted by molar-refractivity contribution is 6.08. The molecule has 2 aromatic rings. The van der Waals surface area contributed by atoms with Gasteiger partial charge in [0, 0.05) is 37.3 Å². The van der Waals surface area contributed by atoms with Crippen LogP contribution in [0.3, 0.4) is 0 Å². The molecule has 2 fully saturated rings. The number of hydrogen-bond acceptors (Lipinski definition) is 4. The van der Waals surface area contributed by atoms with Crippen LogP contribution >= 0.6 is 0 Å². The van der Waals surface area contributed by atoms with Crippen molar-refractivity contribution in [2.45, 2.75) is 0 Å². The van der Waals surface area contributed by atoms with Crippen molar-refractivity contribution < 1.29 is 14.3 Å². The number of fused-ring (bicyclic) bond motifs is 1. The van der Waals surface area contributed by atoms with Crippen molar-refractivity contribution >= 4 is 11.7 Å². The van der Waals surface area contributed by atoms with Crippen LogP contribution in [0.25, 0.3) is 0 Å². The second-order valence-electron chi connectivity index (χ2n) is 6.99. The minimum absolute atomic E-state index is 0.0227. The van der Waals surface area contributed by atoms with Gasteiger partial charge in [-0.25, -0.2) is 0 Å². The average molecular weight is 350 g/mol. The number of amides is 1. The molecule has 1 N–H and O–H groups in total. The smallest absolute Gasteiger partial charge is 0.260 e. The van der Waals surface area contributed by atoms with E-state index in [1.165, 1.54) is 0 Å². The van der Waals surface area contributed by atoms with E-state index in [0.717, 1.165) is 26.2 Å². The van der Waals surface area contributed by atoms with Gasteiger partial charge in [-0.15, -0.1) is 0 Å². The molecule has 2 saturated heterocycles. The van der Waals surface area contributed by atoms with Gasteiger partial charge in [-0.3, -0.25) is 9.59 Å². The molecule has 134 valence electrons. The lowest BCUT2D eigenvalue weighted by molar-refractivity contribution is -0.132. The highest BCUT2D eigenvalue weighted by Gasteiger charge is 2.37. The summed E-state index contributed by atoms with van der Waals surface area (Å²) in [6.45, 7) is 3.70. The lowest BCUT2D eigenvalue weighted by Gasteiger charge is -2.17. The number of nitrogens with zero attached hydrogens (tertiary/aromatic N) is 1. The van der Waals surface area contributed by atoms with Gasteiger partial charge in [-0.2, -0.15) is 0 Å². The minimum atomic E-state index is -0.0227. The molecule has 0 aromatic heterocycles. The van der Waals surface area contributed by atoms with Crippen LogP contribution < -0.4 is 10.1 Å². The van der Waals surface area contributed by atoms with E-state index in [4.69, 9.17) is 4.74 Å². The SMILES string of the molecule is O=C(c1ccccc1)c1ccc(OCC(=O)N2C[C@H]3CNC[C@H]3C2)cc1. The second-order valence-corrected chi connectivity index (χ2v) is 6.99. The van der Waals surface area contributed by atoms with Crippen LogP contribution in [-0.4, -0.2) is 49.4 Å². The van der Waals surface area contributed by atoms with E-state index in [2.05, 4.69) is 5.32 Å². The zero-order valence-corrected chi connectivity index (χ0v) is 14.6. The van der Waals surface area contributed by atoms with Crippen molar-refractivity contribution in [3.05, 3.63) is 65.7 Å². The number of likely N-dealkylation sites (tertiary alicyclic amines) is 1. The van der Waals surface area contributed by atoms with Crippen LogP contribution in [0.1, 0.15) is 15.9 Å². The summed E-state index contributed by atoms with van der Waals surface area (Å²) >= 11 is 0. The number of benzene rings is 2. The van der Waals surface area contributed by atoms with Crippen molar-refractivity contribution in [3.8, 4) is 5.75 Å².